The van der Waals surface area contributed by atoms with Crippen LogP contribution in [0.3, 0.4) is 0 Å². The normalized spacial score (nSPS) is 19.9. The first kappa shape index (κ1) is 53.1. The number of carbonyl (C=O) groups is 9. The number of piperidine rings is 2. The standard InChI is InChI=1S/C51H52F2N7O12PS/c1-50(2,3)43(56-45(65)39-25-32-24-33(14-17-38(32)74-39)51(52,53)73(70,71)72)49(69)59-22-21-57(28-37(59)48(68)58-20-8-12-31(27-58)30-10-5-4-6-11-30)42(63)26-41(62)54-19-7-9-29-13-15-34-35(23-29)47(67)60(46(34)66)36-16-18-40(61)55-44(36)64/h4-6,10-11,13-15,17,23-25,31,36-37,43H,8,12,16,18-22,26-28H2,1-3H3,(H,54,62)(H,56,65)(H,55,61,64)(H2,70,71,72)/t31?,36?,37-,43+/m0/s1. The summed E-state index contributed by atoms with van der Waals surface area (Å²) in [6.07, 6.45) is 0.821. The van der Waals surface area contributed by atoms with E-state index in [0.717, 1.165) is 40.4 Å². The Hall–Kier alpha value is -7.18. The summed E-state index contributed by atoms with van der Waals surface area (Å²) in [5.41, 5.74) is -4.92. The third-order valence-corrected chi connectivity index (χ3v) is 15.6. The fraction of sp³-hybridized carbons (Fsp3) is 0.392. The molecule has 74 heavy (non-hydrogen) atoms. The molecule has 4 aliphatic rings. The van der Waals surface area contributed by atoms with Crippen molar-refractivity contribution in [3.05, 3.63) is 105 Å². The number of nitrogens with one attached hydrogen (secondary N) is 3. The van der Waals surface area contributed by atoms with Gasteiger partial charge in [-0.1, -0.05) is 69.0 Å². The summed E-state index contributed by atoms with van der Waals surface area (Å²) in [7, 11) is -5.87. The van der Waals surface area contributed by atoms with Gasteiger partial charge >= 0.3 is 13.3 Å². The van der Waals surface area contributed by atoms with Crippen molar-refractivity contribution >= 4 is 82.2 Å². The van der Waals surface area contributed by atoms with Gasteiger partial charge in [0.25, 0.3) is 17.7 Å². The van der Waals surface area contributed by atoms with E-state index < -0.39 is 102 Å². The van der Waals surface area contributed by atoms with E-state index in [1.807, 2.05) is 30.3 Å². The predicted molar refractivity (Wildman–Crippen MR) is 263 cm³/mol. The lowest BCUT2D eigenvalue weighted by Gasteiger charge is -2.45. The molecule has 3 saturated heterocycles. The molecule has 23 heteroatoms. The van der Waals surface area contributed by atoms with E-state index in [4.69, 9.17) is 0 Å². The number of halogens is 2. The molecule has 4 aliphatic heterocycles. The van der Waals surface area contributed by atoms with Crippen molar-refractivity contribution in [3.8, 4) is 11.8 Å². The van der Waals surface area contributed by atoms with Crippen molar-refractivity contribution in [2.24, 2.45) is 5.41 Å². The van der Waals surface area contributed by atoms with Gasteiger partial charge in [-0.15, -0.1) is 11.3 Å². The molecular weight excluding hydrogens is 1000 g/mol. The summed E-state index contributed by atoms with van der Waals surface area (Å²) in [5.74, 6) is -0.170. The molecule has 8 rings (SSSR count). The number of hydrogen-bond acceptors (Lipinski definition) is 11. The minimum atomic E-state index is -5.87. The molecule has 5 N–H and O–H groups in total. The number of nitrogens with zero attached hydrogens (tertiary/aromatic N) is 4. The highest BCUT2D eigenvalue weighted by Crippen LogP contribution is 2.59. The van der Waals surface area contributed by atoms with Gasteiger partial charge in [-0.3, -0.25) is 57.9 Å². The molecule has 0 spiro atoms. The molecule has 388 valence electrons. The van der Waals surface area contributed by atoms with E-state index in [1.165, 1.54) is 40.1 Å². The van der Waals surface area contributed by atoms with Crippen molar-refractivity contribution in [2.45, 2.75) is 82.6 Å². The first-order valence-corrected chi connectivity index (χ1v) is 26.2. The molecule has 0 aliphatic carbocycles. The lowest BCUT2D eigenvalue weighted by molar-refractivity contribution is -0.155. The number of fused-ring (bicyclic) bond motifs is 2. The number of piperazine rings is 1. The topological polar surface area (TPSA) is 260 Å². The van der Waals surface area contributed by atoms with Crippen LogP contribution in [0.2, 0.25) is 0 Å². The van der Waals surface area contributed by atoms with Crippen molar-refractivity contribution in [1.29, 1.82) is 0 Å². The van der Waals surface area contributed by atoms with Crippen LogP contribution in [0.15, 0.2) is 72.8 Å². The number of benzene rings is 3. The molecule has 3 aromatic carbocycles. The minimum Gasteiger partial charge on any atom is -0.345 e. The Kier molecular flexibility index (Phi) is 15.1. The van der Waals surface area contributed by atoms with Crippen LogP contribution in [0.4, 0.5) is 8.78 Å². The highest BCUT2D eigenvalue weighted by atomic mass is 32.1. The van der Waals surface area contributed by atoms with Gasteiger partial charge in [0.2, 0.25) is 35.4 Å². The molecule has 0 radical (unpaired) electrons. The lowest BCUT2D eigenvalue weighted by atomic mass is 9.85. The number of alkyl halides is 2. The Morgan fingerprint density at radius 2 is 1.61 bits per heavy atom. The highest BCUT2D eigenvalue weighted by Gasteiger charge is 2.51. The monoisotopic (exact) mass is 1060 g/mol. The molecule has 19 nitrogen and oxygen atoms in total. The van der Waals surface area contributed by atoms with Crippen molar-refractivity contribution in [1.82, 2.24) is 35.6 Å². The summed E-state index contributed by atoms with van der Waals surface area (Å²) in [5, 5.41) is 7.60. The fourth-order valence-corrected chi connectivity index (χ4v) is 11.0. The predicted octanol–water partition coefficient (Wildman–Crippen LogP) is 3.68. The first-order valence-electron chi connectivity index (χ1n) is 23.7. The van der Waals surface area contributed by atoms with Crippen molar-refractivity contribution in [3.63, 3.8) is 0 Å². The van der Waals surface area contributed by atoms with Crippen LogP contribution in [0, 0.1) is 17.3 Å². The number of carbonyl (C=O) groups excluding carboxylic acids is 9. The van der Waals surface area contributed by atoms with Crippen molar-refractivity contribution in [2.75, 3.05) is 39.3 Å². The molecule has 3 fully saturated rings. The van der Waals surface area contributed by atoms with Crippen LogP contribution >= 0.6 is 18.9 Å². The van der Waals surface area contributed by atoms with Gasteiger partial charge in [0, 0.05) is 54.3 Å². The fourth-order valence-electron chi connectivity index (χ4n) is 9.55. The maximum Gasteiger partial charge on any atom is 0.399 e. The largest absolute Gasteiger partial charge is 0.399 e. The zero-order valence-electron chi connectivity index (χ0n) is 40.4. The number of rotatable bonds is 11. The van der Waals surface area contributed by atoms with Gasteiger partial charge < -0.3 is 35.1 Å². The summed E-state index contributed by atoms with van der Waals surface area (Å²) in [4.78, 5) is 145. The number of hydrogen-bond donors (Lipinski definition) is 5. The van der Waals surface area contributed by atoms with E-state index in [2.05, 4.69) is 27.8 Å². The number of imide groups is 2. The van der Waals surface area contributed by atoms with Crippen LogP contribution in [-0.4, -0.2) is 140 Å². The lowest BCUT2D eigenvalue weighted by Crippen LogP contribution is -2.66. The average molecular weight is 1060 g/mol. The molecule has 2 unspecified atom stereocenters. The average Bonchev–Trinajstić information content (AvgIpc) is 3.90. The second kappa shape index (κ2) is 21.0. The Labute approximate surface area is 427 Å². The van der Waals surface area contributed by atoms with Gasteiger partial charge in [0.1, 0.15) is 24.5 Å². The Morgan fingerprint density at radius 1 is 0.878 bits per heavy atom. The van der Waals surface area contributed by atoms with E-state index in [0.29, 0.717) is 29.8 Å². The Morgan fingerprint density at radius 3 is 2.31 bits per heavy atom. The van der Waals surface area contributed by atoms with Gasteiger partial charge in [0.05, 0.1) is 29.1 Å². The summed E-state index contributed by atoms with van der Waals surface area (Å²) < 4.78 is 41.1. The zero-order chi connectivity index (χ0) is 53.4. The van der Waals surface area contributed by atoms with E-state index in [-0.39, 0.29) is 66.3 Å². The Bertz CT molecular complexity index is 3110. The minimum absolute atomic E-state index is 0.000873. The SMILES string of the molecule is CC(C)(C)[C@H](NC(=O)c1cc2cc(C(F)(F)P(=O)(O)O)ccc2s1)C(=O)N1CCN(C(=O)CC(=O)NCC#Cc2ccc3c(c2)C(=O)N(C2CCC(=O)NC2=O)C3=O)C[C@H]1C(=O)N1CCCC(c2ccccc2)C1. The van der Waals surface area contributed by atoms with Gasteiger partial charge in [0.15, 0.2) is 0 Å². The zero-order valence-corrected chi connectivity index (χ0v) is 42.1. The van der Waals surface area contributed by atoms with Crippen LogP contribution in [0.5, 0.6) is 0 Å². The third kappa shape index (κ3) is 11.0. The second-order valence-corrected chi connectivity index (χ2v) is 22.3. The maximum absolute atomic E-state index is 14.9. The third-order valence-electron chi connectivity index (χ3n) is 13.5. The van der Waals surface area contributed by atoms with E-state index >= 15 is 0 Å². The quantitative estimate of drug-likeness (QED) is 0.0624. The summed E-state index contributed by atoms with van der Waals surface area (Å²) >= 11 is 0.915. The molecule has 1 aromatic heterocycles. The van der Waals surface area contributed by atoms with Crippen LogP contribution in [-0.2, 0) is 39.0 Å². The second-order valence-electron chi connectivity index (χ2n) is 19.6. The molecule has 0 saturated carbocycles. The molecule has 4 atom stereocenters. The van der Waals surface area contributed by atoms with Crippen LogP contribution < -0.4 is 16.0 Å². The molecule has 0 bridgehead atoms. The highest BCUT2D eigenvalue weighted by molar-refractivity contribution is 7.52. The number of likely N-dealkylation sites (tertiary alicyclic amines) is 1. The Balaban J connectivity index is 0.950. The molecule has 4 aromatic rings. The molecule has 9 amide bonds. The number of amides is 9. The van der Waals surface area contributed by atoms with E-state index in [9.17, 15) is 66.3 Å². The van der Waals surface area contributed by atoms with Crippen LogP contribution in [0.25, 0.3) is 10.1 Å². The van der Waals surface area contributed by atoms with Crippen molar-refractivity contribution < 1.29 is 66.3 Å². The molecular formula is C51H52F2N7O12PS. The van der Waals surface area contributed by atoms with Gasteiger partial charge in [-0.25, -0.2) is 0 Å². The van der Waals surface area contributed by atoms with E-state index in [1.54, 1.807) is 25.7 Å². The summed E-state index contributed by atoms with van der Waals surface area (Å²) in [6, 6.07) is 14.6. The summed E-state index contributed by atoms with van der Waals surface area (Å²) in [6.45, 7) is 5.14. The maximum atomic E-state index is 14.9. The molecule has 5 heterocycles. The van der Waals surface area contributed by atoms with Gasteiger partial charge in [-0.2, -0.15) is 8.78 Å². The smallest absolute Gasteiger partial charge is 0.345 e. The van der Waals surface area contributed by atoms with Gasteiger partial charge in [-0.05, 0) is 72.0 Å². The first-order chi connectivity index (χ1) is 34.9. The van der Waals surface area contributed by atoms with Crippen LogP contribution in [0.1, 0.15) is 106 Å². The number of thiophene rings is 1.